The second kappa shape index (κ2) is 5.88. The van der Waals surface area contributed by atoms with Gasteiger partial charge in [-0.3, -0.25) is 4.79 Å². The number of pyridine rings is 1. The van der Waals surface area contributed by atoms with Gasteiger partial charge in [0.25, 0.3) is 11.8 Å². The first-order chi connectivity index (χ1) is 10.2. The summed E-state index contributed by atoms with van der Waals surface area (Å²) in [6.07, 6.45) is 2.91. The largest absolute Gasteiger partial charge is 0.506 e. The molecule has 1 aliphatic heterocycles. The summed E-state index contributed by atoms with van der Waals surface area (Å²) in [5.41, 5.74) is 0.204. The Hall–Kier alpha value is -2.48. The summed E-state index contributed by atoms with van der Waals surface area (Å²) < 4.78 is 10.6. The Morgan fingerprint density at radius 2 is 2.38 bits per heavy atom. The average Bonchev–Trinajstić information content (AvgIpc) is 3.16. The molecule has 1 atom stereocenters. The van der Waals surface area contributed by atoms with Gasteiger partial charge in [0, 0.05) is 6.61 Å². The van der Waals surface area contributed by atoms with E-state index in [1.165, 1.54) is 18.3 Å². The molecule has 1 saturated heterocycles. The van der Waals surface area contributed by atoms with E-state index >= 15 is 0 Å². The summed E-state index contributed by atoms with van der Waals surface area (Å²) >= 11 is 0. The van der Waals surface area contributed by atoms with Crippen molar-refractivity contribution < 1.29 is 19.2 Å². The van der Waals surface area contributed by atoms with E-state index in [2.05, 4.69) is 20.4 Å². The molecule has 110 valence electrons. The van der Waals surface area contributed by atoms with E-state index in [4.69, 9.17) is 14.4 Å². The molecule has 1 fully saturated rings. The molecule has 0 saturated carbocycles. The number of nitrogens with zero attached hydrogens (tertiary/aromatic N) is 3. The predicted octanol–water partition coefficient (Wildman–Crippen LogP) is 0.952. The van der Waals surface area contributed by atoms with Crippen LogP contribution in [0.5, 0.6) is 5.75 Å². The molecule has 2 aromatic rings. The maximum Gasteiger partial charge on any atom is 0.270 e. The Morgan fingerprint density at radius 1 is 1.48 bits per heavy atom. The molecular formula is C13H14N4O4. The minimum Gasteiger partial charge on any atom is -0.506 e. The van der Waals surface area contributed by atoms with Crippen LogP contribution >= 0.6 is 0 Å². The van der Waals surface area contributed by atoms with Crippen LogP contribution in [0.1, 0.15) is 41.1 Å². The zero-order chi connectivity index (χ0) is 14.7. The van der Waals surface area contributed by atoms with Crippen molar-refractivity contribution >= 4 is 5.91 Å². The molecule has 1 amide bonds. The van der Waals surface area contributed by atoms with Crippen molar-refractivity contribution in [1.82, 2.24) is 20.4 Å². The van der Waals surface area contributed by atoms with Gasteiger partial charge >= 0.3 is 0 Å². The molecule has 0 radical (unpaired) electrons. The van der Waals surface area contributed by atoms with Crippen LogP contribution in [-0.2, 0) is 11.3 Å². The number of ether oxygens (including phenoxy) is 1. The number of rotatable bonds is 4. The van der Waals surface area contributed by atoms with Crippen LogP contribution in [0, 0.1) is 0 Å². The minimum atomic E-state index is -0.376. The van der Waals surface area contributed by atoms with Gasteiger partial charge in [-0.15, -0.1) is 0 Å². The minimum absolute atomic E-state index is 0.00548. The summed E-state index contributed by atoms with van der Waals surface area (Å²) in [4.78, 5) is 19.8. The Balaban J connectivity index is 1.57. The lowest BCUT2D eigenvalue weighted by Gasteiger charge is -2.02. The lowest BCUT2D eigenvalue weighted by Crippen LogP contribution is -2.24. The quantitative estimate of drug-likeness (QED) is 0.862. The molecule has 21 heavy (non-hydrogen) atoms. The number of aromatic nitrogens is 3. The molecule has 0 unspecified atom stereocenters. The van der Waals surface area contributed by atoms with Gasteiger partial charge in [0.1, 0.15) is 17.5 Å². The van der Waals surface area contributed by atoms with E-state index in [0.29, 0.717) is 18.3 Å². The molecule has 3 rings (SSSR count). The second-order valence-corrected chi connectivity index (χ2v) is 4.63. The van der Waals surface area contributed by atoms with Gasteiger partial charge in [-0.25, -0.2) is 4.98 Å². The van der Waals surface area contributed by atoms with Gasteiger partial charge < -0.3 is 19.7 Å². The molecule has 0 aliphatic carbocycles. The highest BCUT2D eigenvalue weighted by atomic mass is 16.5. The number of carbonyl (C=O) groups is 1. The van der Waals surface area contributed by atoms with Crippen LogP contribution in [-0.4, -0.2) is 32.7 Å². The number of hydrogen-bond donors (Lipinski definition) is 2. The van der Waals surface area contributed by atoms with Gasteiger partial charge in [0.05, 0.1) is 12.7 Å². The van der Waals surface area contributed by atoms with E-state index in [9.17, 15) is 4.79 Å². The van der Waals surface area contributed by atoms with Crippen LogP contribution in [0.25, 0.3) is 0 Å². The number of aromatic hydroxyl groups is 1. The van der Waals surface area contributed by atoms with Gasteiger partial charge in [0.15, 0.2) is 5.82 Å². The van der Waals surface area contributed by atoms with Crippen molar-refractivity contribution in [3.05, 3.63) is 35.7 Å². The Labute approximate surface area is 120 Å². The van der Waals surface area contributed by atoms with Crippen LogP contribution < -0.4 is 5.32 Å². The fourth-order valence-corrected chi connectivity index (χ4v) is 2.01. The molecule has 8 heteroatoms. The van der Waals surface area contributed by atoms with Gasteiger partial charge in [-0.2, -0.15) is 4.98 Å². The molecule has 8 nitrogen and oxygen atoms in total. The first kappa shape index (κ1) is 13.5. The van der Waals surface area contributed by atoms with Crippen molar-refractivity contribution in [2.24, 2.45) is 0 Å². The smallest absolute Gasteiger partial charge is 0.270 e. The van der Waals surface area contributed by atoms with E-state index in [0.717, 1.165) is 12.8 Å². The lowest BCUT2D eigenvalue weighted by molar-refractivity contribution is 0.0835. The average molecular weight is 290 g/mol. The zero-order valence-electron chi connectivity index (χ0n) is 11.2. The molecular weight excluding hydrogens is 276 g/mol. The summed E-state index contributed by atoms with van der Waals surface area (Å²) in [7, 11) is 0. The highest BCUT2D eigenvalue weighted by molar-refractivity contribution is 5.92. The maximum absolute atomic E-state index is 11.8. The van der Waals surface area contributed by atoms with E-state index < -0.39 is 0 Å². The molecule has 0 bridgehead atoms. The molecule has 0 aromatic carbocycles. The molecule has 0 spiro atoms. The SMILES string of the molecule is O=C(NCc1noc([C@H]2CCCO2)n1)c1ccc(O)cn1. The van der Waals surface area contributed by atoms with Crippen LogP contribution in [0.4, 0.5) is 0 Å². The molecule has 1 aliphatic rings. The Bertz CT molecular complexity index is 619. The topological polar surface area (TPSA) is 110 Å². The molecule has 3 heterocycles. The van der Waals surface area contributed by atoms with Crippen molar-refractivity contribution in [2.75, 3.05) is 6.61 Å². The predicted molar refractivity (Wildman–Crippen MR) is 69.3 cm³/mol. The van der Waals surface area contributed by atoms with E-state index in [-0.39, 0.29) is 30.0 Å². The Morgan fingerprint density at radius 3 is 3.10 bits per heavy atom. The monoisotopic (exact) mass is 290 g/mol. The summed E-state index contributed by atoms with van der Waals surface area (Å²) in [5.74, 6) is 0.455. The fraction of sp³-hybridized carbons (Fsp3) is 0.385. The third-order valence-corrected chi connectivity index (χ3v) is 3.08. The number of nitrogens with one attached hydrogen (secondary N) is 1. The fourth-order valence-electron chi connectivity index (χ4n) is 2.01. The normalized spacial score (nSPS) is 17.8. The van der Waals surface area contributed by atoms with Crippen molar-refractivity contribution in [3.8, 4) is 5.75 Å². The summed E-state index contributed by atoms with van der Waals surface area (Å²) in [6.45, 7) is 0.837. The van der Waals surface area contributed by atoms with E-state index in [1.807, 2.05) is 0 Å². The maximum atomic E-state index is 11.8. The van der Waals surface area contributed by atoms with Crippen LogP contribution in [0.2, 0.25) is 0 Å². The summed E-state index contributed by atoms with van der Waals surface area (Å²) in [5, 5.41) is 15.5. The van der Waals surface area contributed by atoms with Gasteiger partial charge in [-0.05, 0) is 25.0 Å². The first-order valence-electron chi connectivity index (χ1n) is 6.59. The van der Waals surface area contributed by atoms with Gasteiger partial charge in [-0.1, -0.05) is 5.16 Å². The second-order valence-electron chi connectivity index (χ2n) is 4.63. The zero-order valence-corrected chi connectivity index (χ0v) is 11.2. The number of carbonyl (C=O) groups excluding carboxylic acids is 1. The highest BCUT2D eigenvalue weighted by Gasteiger charge is 2.23. The lowest BCUT2D eigenvalue weighted by atomic mass is 10.2. The third kappa shape index (κ3) is 3.16. The van der Waals surface area contributed by atoms with E-state index in [1.54, 1.807) is 0 Å². The standard InChI is InChI=1S/C13H14N4O4/c18-8-3-4-9(14-6-8)12(19)15-7-11-16-13(21-17-11)10-2-1-5-20-10/h3-4,6,10,18H,1-2,5,7H2,(H,15,19)/t10-/m1/s1. The van der Waals surface area contributed by atoms with Crippen LogP contribution in [0.15, 0.2) is 22.9 Å². The molecule has 2 N–H and O–H groups in total. The Kier molecular flexibility index (Phi) is 3.78. The van der Waals surface area contributed by atoms with Crippen molar-refractivity contribution in [1.29, 1.82) is 0 Å². The van der Waals surface area contributed by atoms with Crippen LogP contribution in [0.3, 0.4) is 0 Å². The molecule has 2 aromatic heterocycles. The highest BCUT2D eigenvalue weighted by Crippen LogP contribution is 2.26. The first-order valence-corrected chi connectivity index (χ1v) is 6.59. The van der Waals surface area contributed by atoms with Crippen molar-refractivity contribution in [3.63, 3.8) is 0 Å². The number of hydrogen-bond acceptors (Lipinski definition) is 7. The number of amides is 1. The third-order valence-electron chi connectivity index (χ3n) is 3.08. The summed E-state index contributed by atoms with van der Waals surface area (Å²) in [6, 6.07) is 2.82. The van der Waals surface area contributed by atoms with Crippen molar-refractivity contribution in [2.45, 2.75) is 25.5 Å². The van der Waals surface area contributed by atoms with Gasteiger partial charge in [0.2, 0.25) is 0 Å².